The quantitative estimate of drug-likeness (QED) is 0.434. The first kappa shape index (κ1) is 20.1. The van der Waals surface area contributed by atoms with Crippen LogP contribution in [0, 0.1) is 11.8 Å². The van der Waals surface area contributed by atoms with Crippen LogP contribution in [0.2, 0.25) is 0 Å². The van der Waals surface area contributed by atoms with Gasteiger partial charge in [-0.25, -0.2) is 4.79 Å². The van der Waals surface area contributed by atoms with Gasteiger partial charge in [-0.15, -0.1) is 0 Å². The van der Waals surface area contributed by atoms with E-state index in [1.54, 1.807) is 19.9 Å². The molecule has 1 aliphatic heterocycles. The first-order valence-electron chi connectivity index (χ1n) is 8.75. The lowest BCUT2D eigenvalue weighted by atomic mass is 9.85. The Balaban J connectivity index is 2.28. The van der Waals surface area contributed by atoms with Gasteiger partial charge < -0.3 is 14.2 Å². The van der Waals surface area contributed by atoms with E-state index in [9.17, 15) is 14.4 Å². The van der Waals surface area contributed by atoms with Gasteiger partial charge in [0.25, 0.3) is 0 Å². The Kier molecular flexibility index (Phi) is 6.53. The third kappa shape index (κ3) is 4.49. The van der Waals surface area contributed by atoms with E-state index >= 15 is 0 Å². The fraction of sp³-hybridized carbons (Fsp3) is 0.550. The van der Waals surface area contributed by atoms with Crippen molar-refractivity contribution in [3.8, 4) is 0 Å². The molecule has 0 spiro atoms. The summed E-state index contributed by atoms with van der Waals surface area (Å²) in [5.41, 5.74) is 1.47. The van der Waals surface area contributed by atoms with E-state index in [0.717, 1.165) is 5.57 Å². The van der Waals surface area contributed by atoms with Crippen molar-refractivity contribution in [1.29, 1.82) is 0 Å². The number of esters is 2. The van der Waals surface area contributed by atoms with Crippen molar-refractivity contribution < 1.29 is 28.6 Å². The highest BCUT2D eigenvalue weighted by Crippen LogP contribution is 2.34. The number of methoxy groups -OCH3 is 1. The number of carbonyl (C=O) groups is 3. The van der Waals surface area contributed by atoms with Crippen LogP contribution >= 0.6 is 0 Å². The standard InChI is InChI=1S/C20H26O6/c1-11(2)19(22)25-10-14-6-7-17(24-5)13(4)16(21)9-15-12(3)20(23)26-18(15)8-14/h8,11,15,17-18H,3-4,6-7,9-10H2,1-2,5H3/b14-8+/t15-,17+,18+/m0/s1. The van der Waals surface area contributed by atoms with Crippen molar-refractivity contribution >= 4 is 17.7 Å². The maximum atomic E-state index is 12.5. The molecule has 0 N–H and O–H groups in total. The monoisotopic (exact) mass is 362 g/mol. The van der Waals surface area contributed by atoms with Gasteiger partial charge in [0, 0.05) is 30.6 Å². The Morgan fingerprint density at radius 2 is 2.00 bits per heavy atom. The SMILES string of the molecule is C=C1C(=O)C[C@H]2C(=C)C(=O)O[C@@H]2/C=C(/COC(=O)C(C)C)CC[C@H]1OC. The Hall–Kier alpha value is -2.21. The molecule has 0 amide bonds. The molecule has 1 aliphatic carbocycles. The second-order valence-corrected chi connectivity index (χ2v) is 7.00. The Morgan fingerprint density at radius 3 is 2.62 bits per heavy atom. The molecule has 0 aromatic carbocycles. The van der Waals surface area contributed by atoms with Crippen molar-refractivity contribution in [1.82, 2.24) is 0 Å². The first-order valence-corrected chi connectivity index (χ1v) is 8.75. The molecule has 0 aromatic heterocycles. The lowest BCUT2D eigenvalue weighted by Crippen LogP contribution is -2.27. The number of Topliss-reactive ketones (excluding diaryl/α,β-unsaturated/α-hetero) is 1. The van der Waals surface area contributed by atoms with Crippen LogP contribution < -0.4 is 0 Å². The largest absolute Gasteiger partial charge is 0.461 e. The molecule has 6 nitrogen and oxygen atoms in total. The summed E-state index contributed by atoms with van der Waals surface area (Å²) in [7, 11) is 1.53. The van der Waals surface area contributed by atoms with Gasteiger partial charge in [0.05, 0.1) is 12.0 Å². The van der Waals surface area contributed by atoms with E-state index < -0.39 is 24.1 Å². The highest BCUT2D eigenvalue weighted by molar-refractivity contribution is 5.98. The van der Waals surface area contributed by atoms with Crippen LogP contribution in [0.15, 0.2) is 36.0 Å². The van der Waals surface area contributed by atoms with Crippen LogP contribution in [0.3, 0.4) is 0 Å². The van der Waals surface area contributed by atoms with Crippen molar-refractivity contribution in [3.05, 3.63) is 36.0 Å². The van der Waals surface area contributed by atoms with E-state index in [1.807, 2.05) is 0 Å². The topological polar surface area (TPSA) is 78.9 Å². The first-order chi connectivity index (χ1) is 12.2. The third-order valence-corrected chi connectivity index (χ3v) is 4.78. The van der Waals surface area contributed by atoms with Gasteiger partial charge >= 0.3 is 11.9 Å². The van der Waals surface area contributed by atoms with Crippen molar-refractivity contribution in [2.45, 2.75) is 45.3 Å². The predicted molar refractivity (Wildman–Crippen MR) is 95.2 cm³/mol. The smallest absolute Gasteiger partial charge is 0.334 e. The Bertz CT molecular complexity index is 657. The zero-order valence-corrected chi connectivity index (χ0v) is 15.6. The minimum Gasteiger partial charge on any atom is -0.461 e. The van der Waals surface area contributed by atoms with E-state index in [1.165, 1.54) is 7.11 Å². The Labute approximate surface area is 153 Å². The van der Waals surface area contributed by atoms with Gasteiger partial charge in [-0.2, -0.15) is 0 Å². The normalized spacial score (nSPS) is 29.1. The molecule has 0 radical (unpaired) electrons. The van der Waals surface area contributed by atoms with Crippen LogP contribution in [-0.4, -0.2) is 43.6 Å². The highest BCUT2D eigenvalue weighted by Gasteiger charge is 2.40. The van der Waals surface area contributed by atoms with Gasteiger partial charge in [-0.3, -0.25) is 9.59 Å². The number of fused-ring (bicyclic) bond motifs is 1. The second kappa shape index (κ2) is 8.45. The summed E-state index contributed by atoms with van der Waals surface area (Å²) in [6.07, 6.45) is 1.92. The number of rotatable bonds is 4. The average molecular weight is 362 g/mol. The Morgan fingerprint density at radius 1 is 1.31 bits per heavy atom. The second-order valence-electron chi connectivity index (χ2n) is 7.00. The molecule has 2 aliphatic rings. The van der Waals surface area contributed by atoms with Crippen LogP contribution in [0.1, 0.15) is 33.1 Å². The van der Waals surface area contributed by atoms with Gasteiger partial charge in [-0.05, 0) is 24.5 Å². The minimum absolute atomic E-state index is 0.0868. The molecule has 2 rings (SSSR count). The lowest BCUT2D eigenvalue weighted by molar-refractivity contribution is -0.146. The molecule has 6 heteroatoms. The van der Waals surface area contributed by atoms with E-state index in [0.29, 0.717) is 18.4 Å². The van der Waals surface area contributed by atoms with Crippen molar-refractivity contribution in [3.63, 3.8) is 0 Å². The summed E-state index contributed by atoms with van der Waals surface area (Å²) in [6, 6.07) is 0. The average Bonchev–Trinajstić information content (AvgIpc) is 2.86. The molecule has 3 atom stereocenters. The lowest BCUT2D eigenvalue weighted by Gasteiger charge is -2.23. The van der Waals surface area contributed by atoms with Crippen LogP contribution in [0.5, 0.6) is 0 Å². The summed E-state index contributed by atoms with van der Waals surface area (Å²) in [5, 5.41) is 0. The minimum atomic E-state index is -0.585. The molecule has 0 aromatic rings. The third-order valence-electron chi connectivity index (χ3n) is 4.78. The maximum absolute atomic E-state index is 12.5. The highest BCUT2D eigenvalue weighted by atomic mass is 16.6. The van der Waals surface area contributed by atoms with Crippen LogP contribution in [-0.2, 0) is 28.6 Å². The zero-order chi connectivity index (χ0) is 19.4. The number of carbonyl (C=O) groups excluding carboxylic acids is 3. The summed E-state index contributed by atoms with van der Waals surface area (Å²) in [5.74, 6) is -1.63. The molecular weight excluding hydrogens is 336 g/mol. The van der Waals surface area contributed by atoms with Gasteiger partial charge in [-0.1, -0.05) is 27.0 Å². The summed E-state index contributed by atoms with van der Waals surface area (Å²) < 4.78 is 16.1. The van der Waals surface area contributed by atoms with Gasteiger partial charge in [0.2, 0.25) is 0 Å². The van der Waals surface area contributed by atoms with E-state index in [4.69, 9.17) is 14.2 Å². The number of hydrogen-bond acceptors (Lipinski definition) is 6. The van der Waals surface area contributed by atoms with E-state index in [-0.39, 0.29) is 36.3 Å². The maximum Gasteiger partial charge on any atom is 0.334 e. The summed E-state index contributed by atoms with van der Waals surface area (Å²) in [4.78, 5) is 36.2. The van der Waals surface area contributed by atoms with E-state index in [2.05, 4.69) is 13.2 Å². The molecule has 1 fully saturated rings. The summed E-state index contributed by atoms with van der Waals surface area (Å²) >= 11 is 0. The molecule has 0 saturated carbocycles. The molecular formula is C20H26O6. The molecule has 0 bridgehead atoms. The van der Waals surface area contributed by atoms with Crippen LogP contribution in [0.25, 0.3) is 0 Å². The van der Waals surface area contributed by atoms with Gasteiger partial charge in [0.15, 0.2) is 5.78 Å². The van der Waals surface area contributed by atoms with Gasteiger partial charge in [0.1, 0.15) is 12.7 Å². The van der Waals surface area contributed by atoms with Crippen molar-refractivity contribution in [2.24, 2.45) is 11.8 Å². The summed E-state index contributed by atoms with van der Waals surface area (Å²) in [6.45, 7) is 11.3. The fourth-order valence-corrected chi connectivity index (χ4v) is 3.05. The molecule has 142 valence electrons. The van der Waals surface area contributed by atoms with Crippen molar-refractivity contribution in [2.75, 3.05) is 13.7 Å². The zero-order valence-electron chi connectivity index (χ0n) is 15.6. The molecule has 1 saturated heterocycles. The molecule has 0 unspecified atom stereocenters. The number of ether oxygens (including phenoxy) is 3. The molecule has 1 heterocycles. The fourth-order valence-electron chi connectivity index (χ4n) is 3.05. The predicted octanol–water partition coefficient (Wildman–Crippen LogP) is 2.53. The number of ketones is 1. The number of hydrogen-bond donors (Lipinski definition) is 0. The van der Waals surface area contributed by atoms with Crippen LogP contribution in [0.4, 0.5) is 0 Å². The molecule has 26 heavy (non-hydrogen) atoms.